The molecule has 0 amide bonds. The second kappa shape index (κ2) is 6.95. The number of nitrogens with one attached hydrogen (secondary N) is 1. The lowest BCUT2D eigenvalue weighted by molar-refractivity contribution is 0.0357. The van der Waals surface area contributed by atoms with Crippen LogP contribution in [-0.4, -0.2) is 12.6 Å². The minimum Gasteiger partial charge on any atom is -0.467 e. The van der Waals surface area contributed by atoms with Crippen LogP contribution in [-0.2, 0) is 17.9 Å². The van der Waals surface area contributed by atoms with E-state index in [0.717, 1.165) is 18.8 Å². The zero-order chi connectivity index (χ0) is 12.8. The van der Waals surface area contributed by atoms with Crippen LogP contribution in [0.15, 0.2) is 16.7 Å². The molecule has 1 heterocycles. The summed E-state index contributed by atoms with van der Waals surface area (Å²) in [4.78, 5) is 0. The van der Waals surface area contributed by atoms with Crippen LogP contribution in [0.1, 0.15) is 50.9 Å². The molecule has 102 valence electrons. The smallest absolute Gasteiger partial charge is 0.129 e. The summed E-state index contributed by atoms with van der Waals surface area (Å²) in [6.07, 6.45) is 7.34. The van der Waals surface area contributed by atoms with Crippen LogP contribution in [0.5, 0.6) is 0 Å². The molecule has 0 radical (unpaired) electrons. The molecule has 0 unspecified atom stereocenters. The molecule has 0 spiro atoms. The summed E-state index contributed by atoms with van der Waals surface area (Å²) in [5.74, 6) is 1.63. The molecule has 0 aromatic carbocycles. The van der Waals surface area contributed by atoms with E-state index in [1.807, 2.05) is 6.26 Å². The Kier molecular flexibility index (Phi) is 5.26. The Labute approximate surface area is 110 Å². The Balaban J connectivity index is 1.68. The Morgan fingerprint density at radius 1 is 1.39 bits per heavy atom. The largest absolute Gasteiger partial charge is 0.467 e. The molecule has 1 aromatic rings. The van der Waals surface area contributed by atoms with Crippen molar-refractivity contribution in [2.75, 3.05) is 6.54 Å². The lowest BCUT2D eigenvalue weighted by atomic mass is 10.2. The highest BCUT2D eigenvalue weighted by molar-refractivity contribution is 5.12. The van der Waals surface area contributed by atoms with Crippen molar-refractivity contribution in [3.05, 3.63) is 23.7 Å². The van der Waals surface area contributed by atoms with Crippen LogP contribution >= 0.6 is 0 Å². The molecule has 3 nitrogen and oxygen atoms in total. The standard InChI is InChI=1S/C15H25NO2/c1-12(2)8-16-9-13-7-15(17-10-13)11-18-14-5-3-4-6-14/h7,10,12,14,16H,3-6,8-9,11H2,1-2H3. The maximum absolute atomic E-state index is 5.83. The van der Waals surface area contributed by atoms with Crippen LogP contribution < -0.4 is 5.32 Å². The van der Waals surface area contributed by atoms with Crippen molar-refractivity contribution < 1.29 is 9.15 Å². The van der Waals surface area contributed by atoms with Crippen molar-refractivity contribution in [2.24, 2.45) is 5.92 Å². The second-order valence-electron chi connectivity index (χ2n) is 5.66. The van der Waals surface area contributed by atoms with E-state index in [0.29, 0.717) is 18.6 Å². The zero-order valence-electron chi connectivity index (χ0n) is 11.6. The van der Waals surface area contributed by atoms with Crippen molar-refractivity contribution in [1.29, 1.82) is 0 Å². The van der Waals surface area contributed by atoms with Crippen LogP contribution in [0.4, 0.5) is 0 Å². The molecule has 1 aliphatic rings. The Bertz CT molecular complexity index is 340. The van der Waals surface area contributed by atoms with Crippen molar-refractivity contribution in [3.63, 3.8) is 0 Å². The topological polar surface area (TPSA) is 34.4 Å². The molecule has 1 aliphatic carbocycles. The Morgan fingerprint density at radius 2 is 2.17 bits per heavy atom. The van der Waals surface area contributed by atoms with E-state index in [2.05, 4.69) is 25.2 Å². The third-order valence-electron chi connectivity index (χ3n) is 3.35. The molecule has 2 rings (SSSR count). The van der Waals surface area contributed by atoms with E-state index in [9.17, 15) is 0 Å². The molecule has 0 atom stereocenters. The predicted molar refractivity (Wildman–Crippen MR) is 72.3 cm³/mol. The summed E-state index contributed by atoms with van der Waals surface area (Å²) in [7, 11) is 0. The van der Waals surface area contributed by atoms with Gasteiger partial charge in [0, 0.05) is 12.1 Å². The molecule has 1 saturated carbocycles. The third kappa shape index (κ3) is 4.46. The number of rotatable bonds is 7. The molecule has 3 heteroatoms. The first-order valence-corrected chi connectivity index (χ1v) is 7.12. The van der Waals surface area contributed by atoms with Gasteiger partial charge in [0.1, 0.15) is 12.4 Å². The van der Waals surface area contributed by atoms with Gasteiger partial charge >= 0.3 is 0 Å². The molecule has 0 aliphatic heterocycles. The van der Waals surface area contributed by atoms with E-state index >= 15 is 0 Å². The maximum Gasteiger partial charge on any atom is 0.129 e. The van der Waals surface area contributed by atoms with E-state index in [-0.39, 0.29) is 0 Å². The fourth-order valence-corrected chi connectivity index (χ4v) is 2.35. The molecular weight excluding hydrogens is 226 g/mol. The molecule has 18 heavy (non-hydrogen) atoms. The third-order valence-corrected chi connectivity index (χ3v) is 3.35. The highest BCUT2D eigenvalue weighted by atomic mass is 16.5. The number of ether oxygens (including phenoxy) is 1. The van der Waals surface area contributed by atoms with Crippen molar-refractivity contribution in [2.45, 2.75) is 58.8 Å². The van der Waals surface area contributed by atoms with Gasteiger partial charge in [-0.25, -0.2) is 0 Å². The SMILES string of the molecule is CC(C)CNCc1coc(COC2CCCC2)c1. The van der Waals surface area contributed by atoms with Gasteiger partial charge in [-0.3, -0.25) is 0 Å². The quantitative estimate of drug-likeness (QED) is 0.805. The lowest BCUT2D eigenvalue weighted by Crippen LogP contribution is -2.18. The van der Waals surface area contributed by atoms with E-state index in [1.54, 1.807) is 0 Å². The van der Waals surface area contributed by atoms with Gasteiger partial charge in [0.05, 0.1) is 12.4 Å². The molecular formula is C15H25NO2. The molecule has 0 saturated heterocycles. The molecule has 1 fully saturated rings. The highest BCUT2D eigenvalue weighted by Gasteiger charge is 2.15. The van der Waals surface area contributed by atoms with Gasteiger partial charge in [-0.1, -0.05) is 26.7 Å². The van der Waals surface area contributed by atoms with Crippen LogP contribution in [0.25, 0.3) is 0 Å². The highest BCUT2D eigenvalue weighted by Crippen LogP contribution is 2.22. The average molecular weight is 251 g/mol. The molecule has 0 bridgehead atoms. The monoisotopic (exact) mass is 251 g/mol. The summed E-state index contributed by atoms with van der Waals surface area (Å²) < 4.78 is 11.3. The Hall–Kier alpha value is -0.800. The Morgan fingerprint density at radius 3 is 2.89 bits per heavy atom. The van der Waals surface area contributed by atoms with Crippen molar-refractivity contribution in [1.82, 2.24) is 5.32 Å². The number of hydrogen-bond acceptors (Lipinski definition) is 3. The minimum atomic E-state index is 0.456. The summed E-state index contributed by atoms with van der Waals surface area (Å²) in [5, 5.41) is 3.41. The molecule has 1 aromatic heterocycles. The van der Waals surface area contributed by atoms with Crippen molar-refractivity contribution >= 4 is 0 Å². The van der Waals surface area contributed by atoms with Gasteiger partial charge in [0.2, 0.25) is 0 Å². The van der Waals surface area contributed by atoms with E-state index in [4.69, 9.17) is 9.15 Å². The first-order valence-electron chi connectivity index (χ1n) is 7.12. The fraction of sp³-hybridized carbons (Fsp3) is 0.733. The number of furan rings is 1. The average Bonchev–Trinajstić information content (AvgIpc) is 2.96. The normalized spacial score (nSPS) is 16.8. The fourth-order valence-electron chi connectivity index (χ4n) is 2.35. The minimum absolute atomic E-state index is 0.456. The zero-order valence-corrected chi connectivity index (χ0v) is 11.6. The lowest BCUT2D eigenvalue weighted by Gasteiger charge is -2.08. The summed E-state index contributed by atoms with van der Waals surface area (Å²) in [5.41, 5.74) is 1.21. The number of hydrogen-bond donors (Lipinski definition) is 1. The van der Waals surface area contributed by atoms with Crippen LogP contribution in [0.2, 0.25) is 0 Å². The van der Waals surface area contributed by atoms with Gasteiger partial charge < -0.3 is 14.5 Å². The predicted octanol–water partition coefficient (Wildman–Crippen LogP) is 3.48. The van der Waals surface area contributed by atoms with Gasteiger partial charge in [0.25, 0.3) is 0 Å². The van der Waals surface area contributed by atoms with Gasteiger partial charge in [-0.15, -0.1) is 0 Å². The van der Waals surface area contributed by atoms with Crippen LogP contribution in [0.3, 0.4) is 0 Å². The summed E-state index contributed by atoms with van der Waals surface area (Å²) >= 11 is 0. The maximum atomic E-state index is 5.83. The first kappa shape index (κ1) is 13.6. The van der Waals surface area contributed by atoms with E-state index in [1.165, 1.54) is 31.2 Å². The van der Waals surface area contributed by atoms with Crippen molar-refractivity contribution in [3.8, 4) is 0 Å². The summed E-state index contributed by atoms with van der Waals surface area (Å²) in [6, 6.07) is 2.10. The van der Waals surface area contributed by atoms with Gasteiger partial charge in [0.15, 0.2) is 0 Å². The summed E-state index contributed by atoms with van der Waals surface area (Å²) in [6.45, 7) is 6.96. The first-order chi connectivity index (χ1) is 8.74. The van der Waals surface area contributed by atoms with Gasteiger partial charge in [-0.05, 0) is 31.4 Å². The molecule has 1 N–H and O–H groups in total. The second-order valence-corrected chi connectivity index (χ2v) is 5.66. The van der Waals surface area contributed by atoms with E-state index < -0.39 is 0 Å². The van der Waals surface area contributed by atoms with Gasteiger partial charge in [-0.2, -0.15) is 0 Å². The van der Waals surface area contributed by atoms with Crippen LogP contribution in [0, 0.1) is 5.92 Å².